The number of aromatic amines is 1. The van der Waals surface area contributed by atoms with Gasteiger partial charge in [0.25, 0.3) is 0 Å². The average Bonchev–Trinajstić information content (AvgIpc) is 3.07. The fourth-order valence-electron chi connectivity index (χ4n) is 3.30. The highest BCUT2D eigenvalue weighted by molar-refractivity contribution is 5.98. The Kier molecular flexibility index (Phi) is 4.31. The summed E-state index contributed by atoms with van der Waals surface area (Å²) in [5.41, 5.74) is 4.09. The van der Waals surface area contributed by atoms with Crippen molar-refractivity contribution in [2.24, 2.45) is 0 Å². The normalized spacial score (nSPS) is 13.5. The second-order valence-electron chi connectivity index (χ2n) is 6.20. The molecule has 5 nitrogen and oxygen atoms in total. The second kappa shape index (κ2) is 6.91. The maximum absolute atomic E-state index is 13.1. The Hall–Kier alpha value is -2.92. The lowest BCUT2D eigenvalue weighted by atomic mass is 9.90. The minimum atomic E-state index is -0.369. The van der Waals surface area contributed by atoms with Crippen LogP contribution in [0, 0.1) is 0 Å². The molecule has 0 aliphatic carbocycles. The van der Waals surface area contributed by atoms with E-state index in [1.54, 1.807) is 0 Å². The SMILES string of the molecule is O=C(Nc1n[nH]c2c1CNCC2)C(c1ccccc1)c1ccccc1. The van der Waals surface area contributed by atoms with E-state index in [0.29, 0.717) is 5.82 Å². The molecule has 4 rings (SSSR count). The maximum Gasteiger partial charge on any atom is 0.237 e. The molecule has 3 aromatic rings. The van der Waals surface area contributed by atoms with Gasteiger partial charge in [0.2, 0.25) is 5.91 Å². The summed E-state index contributed by atoms with van der Waals surface area (Å²) in [7, 11) is 0. The molecule has 0 fully saturated rings. The Morgan fingerprint density at radius 3 is 2.28 bits per heavy atom. The highest BCUT2D eigenvalue weighted by atomic mass is 16.2. The molecule has 0 radical (unpaired) electrons. The van der Waals surface area contributed by atoms with Gasteiger partial charge in [-0.2, -0.15) is 5.10 Å². The number of hydrogen-bond donors (Lipinski definition) is 3. The molecular formula is C20H20N4O. The standard InChI is InChI=1S/C20H20N4O/c25-20(22-19-16-13-21-12-11-17(16)23-24-19)18(14-7-3-1-4-8-14)15-9-5-2-6-10-15/h1-10,18,21H,11-13H2,(H2,22,23,24,25). The van der Waals surface area contributed by atoms with Crippen LogP contribution in [0.2, 0.25) is 0 Å². The Labute approximate surface area is 146 Å². The van der Waals surface area contributed by atoms with E-state index in [-0.39, 0.29) is 11.8 Å². The van der Waals surface area contributed by atoms with E-state index >= 15 is 0 Å². The summed E-state index contributed by atoms with van der Waals surface area (Å²) in [4.78, 5) is 13.1. The van der Waals surface area contributed by atoms with E-state index in [2.05, 4.69) is 20.8 Å². The number of carbonyl (C=O) groups is 1. The molecule has 2 aromatic carbocycles. The van der Waals surface area contributed by atoms with Gasteiger partial charge in [0, 0.05) is 30.8 Å². The minimum absolute atomic E-state index is 0.0720. The molecule has 1 aromatic heterocycles. The van der Waals surface area contributed by atoms with Gasteiger partial charge in [0.1, 0.15) is 0 Å². The van der Waals surface area contributed by atoms with E-state index in [9.17, 15) is 4.79 Å². The van der Waals surface area contributed by atoms with Gasteiger partial charge < -0.3 is 10.6 Å². The highest BCUT2D eigenvalue weighted by Gasteiger charge is 2.25. The fourth-order valence-corrected chi connectivity index (χ4v) is 3.30. The monoisotopic (exact) mass is 332 g/mol. The van der Waals surface area contributed by atoms with E-state index < -0.39 is 0 Å². The summed E-state index contributed by atoms with van der Waals surface area (Å²) in [6.07, 6.45) is 0.902. The molecule has 3 N–H and O–H groups in total. The van der Waals surface area contributed by atoms with Crippen molar-refractivity contribution in [1.82, 2.24) is 15.5 Å². The molecule has 0 spiro atoms. The van der Waals surface area contributed by atoms with Crippen molar-refractivity contribution in [3.8, 4) is 0 Å². The molecule has 0 unspecified atom stereocenters. The number of carbonyl (C=O) groups excluding carboxylic acids is 1. The van der Waals surface area contributed by atoms with Gasteiger partial charge in [-0.3, -0.25) is 9.89 Å². The van der Waals surface area contributed by atoms with Crippen molar-refractivity contribution in [2.75, 3.05) is 11.9 Å². The van der Waals surface area contributed by atoms with Gasteiger partial charge in [-0.1, -0.05) is 60.7 Å². The summed E-state index contributed by atoms with van der Waals surface area (Å²) in [5, 5.41) is 13.7. The van der Waals surface area contributed by atoms with Gasteiger partial charge in [-0.15, -0.1) is 0 Å². The van der Waals surface area contributed by atoms with Crippen LogP contribution in [0.25, 0.3) is 0 Å². The number of amides is 1. The minimum Gasteiger partial charge on any atom is -0.312 e. The summed E-state index contributed by atoms with van der Waals surface area (Å²) in [6.45, 7) is 1.65. The fraction of sp³-hybridized carbons (Fsp3) is 0.200. The molecule has 2 heterocycles. The first kappa shape index (κ1) is 15.6. The van der Waals surface area contributed by atoms with Crippen molar-refractivity contribution < 1.29 is 4.79 Å². The quantitative estimate of drug-likeness (QED) is 0.688. The molecular weight excluding hydrogens is 312 g/mol. The molecule has 1 aliphatic heterocycles. The van der Waals surface area contributed by atoms with Crippen molar-refractivity contribution in [1.29, 1.82) is 0 Å². The van der Waals surface area contributed by atoms with Gasteiger partial charge in [-0.25, -0.2) is 0 Å². The Morgan fingerprint density at radius 2 is 1.64 bits per heavy atom. The zero-order valence-electron chi connectivity index (χ0n) is 13.8. The third-order valence-electron chi connectivity index (χ3n) is 4.58. The van der Waals surface area contributed by atoms with Crippen LogP contribution < -0.4 is 10.6 Å². The first-order valence-corrected chi connectivity index (χ1v) is 8.50. The molecule has 0 saturated carbocycles. The average molecular weight is 332 g/mol. The predicted octanol–water partition coefficient (Wildman–Crippen LogP) is 2.83. The number of H-pyrrole nitrogens is 1. The topological polar surface area (TPSA) is 69.8 Å². The second-order valence-corrected chi connectivity index (χ2v) is 6.20. The van der Waals surface area contributed by atoms with Gasteiger partial charge >= 0.3 is 0 Å². The number of benzene rings is 2. The molecule has 0 saturated heterocycles. The number of anilines is 1. The lowest BCUT2D eigenvalue weighted by Crippen LogP contribution is -2.26. The van der Waals surface area contributed by atoms with E-state index in [4.69, 9.17) is 0 Å². The van der Waals surface area contributed by atoms with Crippen molar-refractivity contribution in [3.63, 3.8) is 0 Å². The van der Waals surface area contributed by atoms with E-state index in [0.717, 1.165) is 41.9 Å². The number of nitrogens with zero attached hydrogens (tertiary/aromatic N) is 1. The molecule has 25 heavy (non-hydrogen) atoms. The van der Waals surface area contributed by atoms with Crippen LogP contribution in [0.15, 0.2) is 60.7 Å². The first-order chi connectivity index (χ1) is 12.3. The third kappa shape index (κ3) is 3.19. The number of nitrogens with one attached hydrogen (secondary N) is 3. The summed E-state index contributed by atoms with van der Waals surface area (Å²) in [6, 6.07) is 19.7. The maximum atomic E-state index is 13.1. The Balaban J connectivity index is 1.66. The number of rotatable bonds is 4. The van der Waals surface area contributed by atoms with E-state index in [1.807, 2.05) is 60.7 Å². The van der Waals surface area contributed by atoms with Crippen LogP contribution in [0.1, 0.15) is 28.3 Å². The Bertz CT molecular complexity index is 818. The molecule has 5 heteroatoms. The largest absolute Gasteiger partial charge is 0.312 e. The summed E-state index contributed by atoms with van der Waals surface area (Å²) in [5.74, 6) is 0.188. The summed E-state index contributed by atoms with van der Waals surface area (Å²) >= 11 is 0. The van der Waals surface area contributed by atoms with Crippen LogP contribution >= 0.6 is 0 Å². The van der Waals surface area contributed by atoms with Crippen LogP contribution in [0.4, 0.5) is 5.82 Å². The number of hydrogen-bond acceptors (Lipinski definition) is 3. The lowest BCUT2D eigenvalue weighted by molar-refractivity contribution is -0.116. The van der Waals surface area contributed by atoms with Crippen LogP contribution in [-0.2, 0) is 17.8 Å². The van der Waals surface area contributed by atoms with Crippen molar-refractivity contribution in [2.45, 2.75) is 18.9 Å². The third-order valence-corrected chi connectivity index (χ3v) is 4.58. The molecule has 1 amide bonds. The van der Waals surface area contributed by atoms with Gasteiger partial charge in [0.15, 0.2) is 5.82 Å². The van der Waals surface area contributed by atoms with Crippen molar-refractivity contribution >= 4 is 11.7 Å². The van der Waals surface area contributed by atoms with Crippen molar-refractivity contribution in [3.05, 3.63) is 83.0 Å². The zero-order chi connectivity index (χ0) is 17.1. The zero-order valence-corrected chi connectivity index (χ0v) is 13.8. The molecule has 0 bridgehead atoms. The van der Waals surface area contributed by atoms with Gasteiger partial charge in [0.05, 0.1) is 5.92 Å². The van der Waals surface area contributed by atoms with Crippen LogP contribution in [0.3, 0.4) is 0 Å². The summed E-state index contributed by atoms with van der Waals surface area (Å²) < 4.78 is 0. The van der Waals surface area contributed by atoms with Crippen LogP contribution in [-0.4, -0.2) is 22.6 Å². The van der Waals surface area contributed by atoms with Gasteiger partial charge in [-0.05, 0) is 11.1 Å². The van der Waals surface area contributed by atoms with E-state index in [1.165, 1.54) is 0 Å². The Morgan fingerprint density at radius 1 is 1.00 bits per heavy atom. The number of aromatic nitrogens is 2. The predicted molar refractivity (Wildman–Crippen MR) is 97.4 cm³/mol. The highest BCUT2D eigenvalue weighted by Crippen LogP contribution is 2.27. The smallest absolute Gasteiger partial charge is 0.237 e. The molecule has 0 atom stereocenters. The molecule has 1 aliphatic rings. The first-order valence-electron chi connectivity index (χ1n) is 8.50. The van der Waals surface area contributed by atoms with Crippen LogP contribution in [0.5, 0.6) is 0 Å². The number of fused-ring (bicyclic) bond motifs is 1. The molecule has 126 valence electrons. The lowest BCUT2D eigenvalue weighted by Gasteiger charge is -2.18.